The SMILES string of the molecule is NC1CCCC(OC(=O)OC2CCCC(N)C2)C1. The van der Waals surface area contributed by atoms with E-state index in [0.29, 0.717) is 0 Å². The van der Waals surface area contributed by atoms with Gasteiger partial charge in [-0.3, -0.25) is 0 Å². The Labute approximate surface area is 108 Å². The van der Waals surface area contributed by atoms with Crippen LogP contribution in [0.4, 0.5) is 4.79 Å². The number of hydrogen-bond donors (Lipinski definition) is 2. The minimum atomic E-state index is -0.548. The van der Waals surface area contributed by atoms with E-state index < -0.39 is 6.16 Å². The lowest BCUT2D eigenvalue weighted by Crippen LogP contribution is -2.36. The maximum Gasteiger partial charge on any atom is 0.508 e. The van der Waals surface area contributed by atoms with Crippen molar-refractivity contribution in [3.8, 4) is 0 Å². The van der Waals surface area contributed by atoms with Crippen molar-refractivity contribution in [1.29, 1.82) is 0 Å². The fourth-order valence-electron chi connectivity index (χ4n) is 2.88. The minimum Gasteiger partial charge on any atom is -0.431 e. The summed E-state index contributed by atoms with van der Waals surface area (Å²) >= 11 is 0. The number of carbonyl (C=O) groups excluding carboxylic acids is 1. The molecule has 0 aromatic heterocycles. The molecule has 0 spiro atoms. The summed E-state index contributed by atoms with van der Waals surface area (Å²) in [4.78, 5) is 11.7. The van der Waals surface area contributed by atoms with Gasteiger partial charge in [-0.05, 0) is 51.4 Å². The van der Waals surface area contributed by atoms with E-state index >= 15 is 0 Å². The zero-order valence-corrected chi connectivity index (χ0v) is 10.8. The van der Waals surface area contributed by atoms with Crippen molar-refractivity contribution in [3.63, 3.8) is 0 Å². The van der Waals surface area contributed by atoms with Crippen molar-refractivity contribution in [1.82, 2.24) is 0 Å². The first-order valence-corrected chi connectivity index (χ1v) is 7.02. The molecular weight excluding hydrogens is 232 g/mol. The summed E-state index contributed by atoms with van der Waals surface area (Å²) in [5.74, 6) is 0. The standard InChI is InChI=1S/C13H24N2O3/c14-9-3-1-5-11(7-9)17-13(16)18-12-6-2-4-10(15)8-12/h9-12H,1-8,14-15H2. The molecule has 0 saturated heterocycles. The molecular formula is C13H24N2O3. The lowest BCUT2D eigenvalue weighted by atomic mass is 9.93. The molecule has 2 aliphatic carbocycles. The zero-order valence-electron chi connectivity index (χ0n) is 10.8. The molecule has 4 N–H and O–H groups in total. The van der Waals surface area contributed by atoms with Gasteiger partial charge in [-0.2, -0.15) is 0 Å². The van der Waals surface area contributed by atoms with Crippen molar-refractivity contribution in [2.75, 3.05) is 0 Å². The second-order valence-electron chi connectivity index (χ2n) is 5.58. The first-order valence-electron chi connectivity index (χ1n) is 7.02. The van der Waals surface area contributed by atoms with Crippen molar-refractivity contribution in [2.45, 2.75) is 75.7 Å². The molecule has 2 rings (SSSR count). The van der Waals surface area contributed by atoms with Crippen LogP contribution in [-0.2, 0) is 9.47 Å². The Morgan fingerprint density at radius 2 is 1.28 bits per heavy atom. The molecule has 4 unspecified atom stereocenters. The highest BCUT2D eigenvalue weighted by atomic mass is 16.7. The normalized spacial score (nSPS) is 37.0. The van der Waals surface area contributed by atoms with E-state index in [1.807, 2.05) is 0 Å². The van der Waals surface area contributed by atoms with Gasteiger partial charge in [0.1, 0.15) is 12.2 Å². The van der Waals surface area contributed by atoms with E-state index in [-0.39, 0.29) is 24.3 Å². The van der Waals surface area contributed by atoms with Crippen LogP contribution in [0, 0.1) is 0 Å². The largest absolute Gasteiger partial charge is 0.508 e. The molecule has 0 aromatic rings. The summed E-state index contributed by atoms with van der Waals surface area (Å²) < 4.78 is 10.6. The monoisotopic (exact) mass is 256 g/mol. The van der Waals surface area contributed by atoms with Crippen LogP contribution in [0.15, 0.2) is 0 Å². The van der Waals surface area contributed by atoms with Gasteiger partial charge in [-0.25, -0.2) is 4.79 Å². The van der Waals surface area contributed by atoms with Gasteiger partial charge in [0.25, 0.3) is 0 Å². The quantitative estimate of drug-likeness (QED) is 0.734. The Hall–Kier alpha value is -0.810. The van der Waals surface area contributed by atoms with E-state index in [1.165, 1.54) is 0 Å². The van der Waals surface area contributed by atoms with E-state index in [0.717, 1.165) is 51.4 Å². The predicted octanol–water partition coefficient (Wildman–Crippen LogP) is 1.68. The van der Waals surface area contributed by atoms with E-state index in [4.69, 9.17) is 20.9 Å². The molecule has 0 aromatic carbocycles. The second kappa shape index (κ2) is 6.38. The van der Waals surface area contributed by atoms with Crippen LogP contribution < -0.4 is 11.5 Å². The zero-order chi connectivity index (χ0) is 13.0. The van der Waals surface area contributed by atoms with E-state index in [2.05, 4.69) is 0 Å². The lowest BCUT2D eigenvalue weighted by Gasteiger charge is -2.29. The van der Waals surface area contributed by atoms with Crippen LogP contribution in [0.1, 0.15) is 51.4 Å². The van der Waals surface area contributed by atoms with Crippen LogP contribution in [0.25, 0.3) is 0 Å². The first-order chi connectivity index (χ1) is 8.63. The van der Waals surface area contributed by atoms with E-state index in [9.17, 15) is 4.79 Å². The molecule has 0 bridgehead atoms. The van der Waals surface area contributed by atoms with Gasteiger partial charge in [0, 0.05) is 12.1 Å². The molecule has 0 amide bonds. The molecule has 2 saturated carbocycles. The minimum absolute atomic E-state index is 0.0708. The van der Waals surface area contributed by atoms with Crippen molar-refractivity contribution in [2.24, 2.45) is 11.5 Å². The predicted molar refractivity (Wildman–Crippen MR) is 68.0 cm³/mol. The average Bonchev–Trinajstić information content (AvgIpc) is 2.28. The maximum atomic E-state index is 11.7. The van der Waals surface area contributed by atoms with Crippen molar-refractivity contribution < 1.29 is 14.3 Å². The summed E-state index contributed by atoms with van der Waals surface area (Å²) in [6.07, 6.45) is 6.68. The molecule has 5 heteroatoms. The molecule has 104 valence electrons. The first kappa shape index (κ1) is 13.6. The Bertz CT molecular complexity index is 259. The Morgan fingerprint density at radius 1 is 0.833 bits per heavy atom. The molecule has 0 aliphatic heterocycles. The third kappa shape index (κ3) is 4.14. The maximum absolute atomic E-state index is 11.7. The van der Waals surface area contributed by atoms with Crippen molar-refractivity contribution in [3.05, 3.63) is 0 Å². The molecule has 5 nitrogen and oxygen atoms in total. The van der Waals surface area contributed by atoms with Gasteiger partial charge in [0.2, 0.25) is 0 Å². The van der Waals surface area contributed by atoms with Crippen LogP contribution >= 0.6 is 0 Å². The topological polar surface area (TPSA) is 87.6 Å². The second-order valence-corrected chi connectivity index (χ2v) is 5.58. The van der Waals surface area contributed by atoms with Crippen LogP contribution in [0.5, 0.6) is 0 Å². The molecule has 18 heavy (non-hydrogen) atoms. The third-order valence-electron chi connectivity index (χ3n) is 3.86. The molecule has 2 fully saturated rings. The van der Waals surface area contributed by atoms with Crippen molar-refractivity contribution >= 4 is 6.16 Å². The summed E-state index contributed by atoms with van der Waals surface area (Å²) in [7, 11) is 0. The van der Waals surface area contributed by atoms with Gasteiger partial charge in [0.05, 0.1) is 0 Å². The Kier molecular flexibility index (Phi) is 4.83. The fourth-order valence-corrected chi connectivity index (χ4v) is 2.88. The van der Waals surface area contributed by atoms with Gasteiger partial charge in [-0.1, -0.05) is 0 Å². The molecule has 0 radical (unpaired) electrons. The highest BCUT2D eigenvalue weighted by molar-refractivity contribution is 5.60. The van der Waals surface area contributed by atoms with Gasteiger partial charge in [-0.15, -0.1) is 0 Å². The number of hydrogen-bond acceptors (Lipinski definition) is 5. The summed E-state index contributed by atoms with van der Waals surface area (Å²) in [5, 5.41) is 0. The number of carbonyl (C=O) groups is 1. The van der Waals surface area contributed by atoms with Gasteiger partial charge < -0.3 is 20.9 Å². The van der Waals surface area contributed by atoms with Crippen LogP contribution in [0.3, 0.4) is 0 Å². The Balaban J connectivity index is 1.71. The third-order valence-corrected chi connectivity index (χ3v) is 3.86. The van der Waals surface area contributed by atoms with E-state index in [1.54, 1.807) is 0 Å². The number of nitrogens with two attached hydrogens (primary N) is 2. The van der Waals surface area contributed by atoms with Crippen LogP contribution in [0.2, 0.25) is 0 Å². The summed E-state index contributed by atoms with van der Waals surface area (Å²) in [6.45, 7) is 0. The molecule has 4 atom stereocenters. The van der Waals surface area contributed by atoms with Crippen LogP contribution in [-0.4, -0.2) is 30.4 Å². The number of rotatable bonds is 2. The highest BCUT2D eigenvalue weighted by Gasteiger charge is 2.26. The highest BCUT2D eigenvalue weighted by Crippen LogP contribution is 2.23. The average molecular weight is 256 g/mol. The number of ether oxygens (including phenoxy) is 2. The Morgan fingerprint density at radius 3 is 1.67 bits per heavy atom. The fraction of sp³-hybridized carbons (Fsp3) is 0.923. The smallest absolute Gasteiger partial charge is 0.431 e. The molecule has 2 aliphatic rings. The molecule has 0 heterocycles. The van der Waals surface area contributed by atoms with Gasteiger partial charge in [0.15, 0.2) is 0 Å². The summed E-state index contributed by atoms with van der Waals surface area (Å²) in [6, 6.07) is 0.305. The van der Waals surface area contributed by atoms with Gasteiger partial charge >= 0.3 is 6.16 Å². The summed E-state index contributed by atoms with van der Waals surface area (Å²) in [5.41, 5.74) is 11.7. The lowest BCUT2D eigenvalue weighted by molar-refractivity contribution is -0.0221.